The molecule has 4 rings (SSSR count). The van der Waals surface area contributed by atoms with Crippen LogP contribution in [0.4, 0.5) is 5.13 Å². The normalized spacial score (nSPS) is 11.0. The second-order valence-corrected chi connectivity index (χ2v) is 7.18. The van der Waals surface area contributed by atoms with Gasteiger partial charge in [0, 0.05) is 6.07 Å². The van der Waals surface area contributed by atoms with Crippen LogP contribution in [-0.2, 0) is 6.54 Å². The Bertz CT molecular complexity index is 1070. The standard InChI is InChI=1S/C20H17N3O2S/c1-13-8-9-16-18(10-13)26-20(21-16)23(12-15-6-4-3-5-7-15)19(24)17-11-14(2)25-22-17/h3-11H,12H2,1-2H3. The Hall–Kier alpha value is -2.99. The minimum Gasteiger partial charge on any atom is -0.361 e. The molecule has 6 heteroatoms. The first kappa shape index (κ1) is 16.5. The summed E-state index contributed by atoms with van der Waals surface area (Å²) in [6.07, 6.45) is 0. The van der Waals surface area contributed by atoms with Gasteiger partial charge in [0.1, 0.15) is 5.76 Å². The fraction of sp³-hybridized carbons (Fsp3) is 0.150. The number of hydrogen-bond donors (Lipinski definition) is 0. The van der Waals surface area contributed by atoms with Crippen LogP contribution in [0.3, 0.4) is 0 Å². The first-order valence-corrected chi connectivity index (χ1v) is 9.08. The SMILES string of the molecule is Cc1ccc2nc(N(Cc3ccccc3)C(=O)c3cc(C)on3)sc2c1. The summed E-state index contributed by atoms with van der Waals surface area (Å²) in [5.41, 5.74) is 3.36. The van der Waals surface area contributed by atoms with Crippen LogP contribution in [0.15, 0.2) is 59.1 Å². The molecule has 130 valence electrons. The van der Waals surface area contributed by atoms with Crippen molar-refractivity contribution in [2.75, 3.05) is 4.90 Å². The van der Waals surface area contributed by atoms with Crippen molar-refractivity contribution in [1.29, 1.82) is 0 Å². The molecule has 0 aliphatic rings. The summed E-state index contributed by atoms with van der Waals surface area (Å²) in [6, 6.07) is 17.6. The monoisotopic (exact) mass is 363 g/mol. The molecule has 1 amide bonds. The van der Waals surface area contributed by atoms with Crippen LogP contribution >= 0.6 is 11.3 Å². The molecule has 5 nitrogen and oxygen atoms in total. The molecular formula is C20H17N3O2S. The van der Waals surface area contributed by atoms with E-state index in [4.69, 9.17) is 4.52 Å². The molecule has 4 aromatic rings. The number of benzene rings is 2. The van der Waals surface area contributed by atoms with E-state index in [0.29, 0.717) is 17.4 Å². The average molecular weight is 363 g/mol. The zero-order valence-corrected chi connectivity index (χ0v) is 15.3. The van der Waals surface area contributed by atoms with E-state index < -0.39 is 0 Å². The van der Waals surface area contributed by atoms with Crippen molar-refractivity contribution in [1.82, 2.24) is 10.1 Å². The quantitative estimate of drug-likeness (QED) is 0.525. The largest absolute Gasteiger partial charge is 0.361 e. The molecule has 0 saturated heterocycles. The van der Waals surface area contributed by atoms with Gasteiger partial charge in [0.25, 0.3) is 5.91 Å². The van der Waals surface area contributed by atoms with Gasteiger partial charge in [0.05, 0.1) is 16.8 Å². The number of amides is 1. The molecule has 0 bridgehead atoms. The Morgan fingerprint density at radius 3 is 2.65 bits per heavy atom. The lowest BCUT2D eigenvalue weighted by Crippen LogP contribution is -2.30. The molecule has 0 aliphatic carbocycles. The Morgan fingerprint density at radius 1 is 1.12 bits per heavy atom. The van der Waals surface area contributed by atoms with E-state index in [1.54, 1.807) is 17.9 Å². The maximum atomic E-state index is 13.1. The van der Waals surface area contributed by atoms with Crippen molar-refractivity contribution >= 4 is 32.6 Å². The highest BCUT2D eigenvalue weighted by molar-refractivity contribution is 7.22. The van der Waals surface area contributed by atoms with Gasteiger partial charge in [-0.3, -0.25) is 9.69 Å². The Labute approximate surface area is 154 Å². The van der Waals surface area contributed by atoms with Gasteiger partial charge >= 0.3 is 0 Å². The number of aromatic nitrogens is 2. The fourth-order valence-electron chi connectivity index (χ4n) is 2.73. The van der Waals surface area contributed by atoms with Crippen LogP contribution < -0.4 is 4.90 Å². The van der Waals surface area contributed by atoms with Gasteiger partial charge in [-0.25, -0.2) is 4.98 Å². The van der Waals surface area contributed by atoms with Gasteiger partial charge in [0.15, 0.2) is 10.8 Å². The lowest BCUT2D eigenvalue weighted by molar-refractivity contribution is 0.0976. The van der Waals surface area contributed by atoms with Crippen molar-refractivity contribution in [2.45, 2.75) is 20.4 Å². The summed E-state index contributed by atoms with van der Waals surface area (Å²) >= 11 is 1.50. The maximum Gasteiger partial charge on any atom is 0.282 e. The first-order valence-electron chi connectivity index (χ1n) is 8.26. The Morgan fingerprint density at radius 2 is 1.92 bits per heavy atom. The Balaban J connectivity index is 1.76. The van der Waals surface area contributed by atoms with Crippen LogP contribution in [0.2, 0.25) is 0 Å². The van der Waals surface area contributed by atoms with E-state index >= 15 is 0 Å². The summed E-state index contributed by atoms with van der Waals surface area (Å²) in [5.74, 6) is 0.384. The molecule has 0 saturated carbocycles. The van der Waals surface area contributed by atoms with E-state index in [1.165, 1.54) is 16.9 Å². The summed E-state index contributed by atoms with van der Waals surface area (Å²) in [5, 5.41) is 4.54. The zero-order chi connectivity index (χ0) is 18.1. The second-order valence-electron chi connectivity index (χ2n) is 6.17. The highest BCUT2D eigenvalue weighted by Crippen LogP contribution is 2.31. The third-order valence-electron chi connectivity index (χ3n) is 4.04. The number of fused-ring (bicyclic) bond motifs is 1. The van der Waals surface area contributed by atoms with E-state index in [0.717, 1.165) is 15.8 Å². The number of thiazole rings is 1. The van der Waals surface area contributed by atoms with Crippen molar-refractivity contribution in [2.24, 2.45) is 0 Å². The molecule has 2 aromatic heterocycles. The molecule has 0 atom stereocenters. The van der Waals surface area contributed by atoms with E-state index in [2.05, 4.69) is 16.2 Å². The Kier molecular flexibility index (Phi) is 4.26. The average Bonchev–Trinajstić information content (AvgIpc) is 3.25. The molecule has 0 fully saturated rings. The molecule has 0 radical (unpaired) electrons. The molecular weight excluding hydrogens is 346 g/mol. The smallest absolute Gasteiger partial charge is 0.282 e. The van der Waals surface area contributed by atoms with Crippen LogP contribution in [0.1, 0.15) is 27.4 Å². The predicted octanol–water partition coefficient (Wildman–Crippen LogP) is 4.75. The third kappa shape index (κ3) is 3.23. The predicted molar refractivity (Wildman–Crippen MR) is 103 cm³/mol. The van der Waals surface area contributed by atoms with E-state index in [-0.39, 0.29) is 11.6 Å². The highest BCUT2D eigenvalue weighted by atomic mass is 32.1. The molecule has 26 heavy (non-hydrogen) atoms. The lowest BCUT2D eigenvalue weighted by Gasteiger charge is -2.18. The number of nitrogens with zero attached hydrogens (tertiary/aromatic N) is 3. The van der Waals surface area contributed by atoms with Gasteiger partial charge < -0.3 is 4.52 Å². The summed E-state index contributed by atoms with van der Waals surface area (Å²) in [6.45, 7) is 4.24. The van der Waals surface area contributed by atoms with Crippen molar-refractivity contribution < 1.29 is 9.32 Å². The third-order valence-corrected chi connectivity index (χ3v) is 5.08. The topological polar surface area (TPSA) is 59.2 Å². The first-order chi connectivity index (χ1) is 12.6. The van der Waals surface area contributed by atoms with Gasteiger partial charge in [-0.05, 0) is 37.1 Å². The number of carbonyl (C=O) groups is 1. The van der Waals surface area contributed by atoms with Crippen molar-refractivity contribution in [3.05, 3.63) is 77.2 Å². The fourth-order valence-corrected chi connectivity index (χ4v) is 3.79. The lowest BCUT2D eigenvalue weighted by atomic mass is 10.2. The molecule has 0 unspecified atom stereocenters. The minimum atomic E-state index is -0.221. The second kappa shape index (κ2) is 6.72. The molecule has 0 aliphatic heterocycles. The number of aryl methyl sites for hydroxylation is 2. The van der Waals surface area contributed by atoms with Gasteiger partial charge in [-0.1, -0.05) is 52.9 Å². The number of carbonyl (C=O) groups excluding carboxylic acids is 1. The molecule has 2 aromatic carbocycles. The summed E-state index contributed by atoms with van der Waals surface area (Å²) in [7, 11) is 0. The number of hydrogen-bond acceptors (Lipinski definition) is 5. The van der Waals surface area contributed by atoms with E-state index in [1.807, 2.05) is 49.4 Å². The van der Waals surface area contributed by atoms with Crippen molar-refractivity contribution in [3.8, 4) is 0 Å². The van der Waals surface area contributed by atoms with Crippen LogP contribution in [-0.4, -0.2) is 16.0 Å². The van der Waals surface area contributed by atoms with Crippen LogP contribution in [0, 0.1) is 13.8 Å². The van der Waals surface area contributed by atoms with Crippen LogP contribution in [0.25, 0.3) is 10.2 Å². The minimum absolute atomic E-state index is 0.221. The summed E-state index contributed by atoms with van der Waals surface area (Å²) in [4.78, 5) is 19.4. The van der Waals surface area contributed by atoms with Gasteiger partial charge in [-0.15, -0.1) is 0 Å². The molecule has 0 spiro atoms. The van der Waals surface area contributed by atoms with Crippen LogP contribution in [0.5, 0.6) is 0 Å². The summed E-state index contributed by atoms with van der Waals surface area (Å²) < 4.78 is 6.14. The molecule has 2 heterocycles. The van der Waals surface area contributed by atoms with Gasteiger partial charge in [0.2, 0.25) is 0 Å². The number of anilines is 1. The zero-order valence-electron chi connectivity index (χ0n) is 14.5. The molecule has 0 N–H and O–H groups in total. The maximum absolute atomic E-state index is 13.1. The van der Waals surface area contributed by atoms with E-state index in [9.17, 15) is 4.79 Å². The number of rotatable bonds is 4. The highest BCUT2D eigenvalue weighted by Gasteiger charge is 2.24. The van der Waals surface area contributed by atoms with Crippen molar-refractivity contribution in [3.63, 3.8) is 0 Å². The van der Waals surface area contributed by atoms with Gasteiger partial charge in [-0.2, -0.15) is 0 Å².